The maximum Gasteiger partial charge on any atom is 0.194 e. The molecule has 1 aliphatic rings. The first kappa shape index (κ1) is 19.6. The van der Waals surface area contributed by atoms with E-state index in [1.54, 1.807) is 23.5 Å². The lowest BCUT2D eigenvalue weighted by Gasteiger charge is -2.36. The van der Waals surface area contributed by atoms with Crippen molar-refractivity contribution in [3.8, 4) is 5.75 Å². The molecule has 0 saturated carbocycles. The fraction of sp³-hybridized carbons (Fsp3) is 0.474. The maximum absolute atomic E-state index is 13.9. The zero-order valence-corrected chi connectivity index (χ0v) is 16.9. The van der Waals surface area contributed by atoms with Gasteiger partial charge in [0.25, 0.3) is 0 Å². The summed E-state index contributed by atoms with van der Waals surface area (Å²) < 4.78 is 18.8. The molecule has 1 aromatic carbocycles. The largest absolute Gasteiger partial charge is 0.494 e. The predicted octanol–water partition coefficient (Wildman–Crippen LogP) is 2.49. The molecule has 8 heteroatoms. The molecule has 1 fully saturated rings. The van der Waals surface area contributed by atoms with E-state index in [1.807, 2.05) is 19.3 Å². The van der Waals surface area contributed by atoms with Crippen LogP contribution in [0.2, 0.25) is 0 Å². The van der Waals surface area contributed by atoms with Crippen molar-refractivity contribution in [2.24, 2.45) is 4.99 Å². The van der Waals surface area contributed by atoms with Crippen molar-refractivity contribution in [3.63, 3.8) is 0 Å². The normalized spacial score (nSPS) is 15.9. The fourth-order valence-corrected chi connectivity index (χ4v) is 3.88. The number of benzene rings is 1. The van der Waals surface area contributed by atoms with Crippen molar-refractivity contribution in [2.75, 3.05) is 40.3 Å². The molecule has 1 N–H and O–H groups in total. The summed E-state index contributed by atoms with van der Waals surface area (Å²) in [5.74, 6) is 0.877. The molecule has 3 rings (SSSR count). The summed E-state index contributed by atoms with van der Waals surface area (Å²) in [7, 11) is 3.29. The number of nitrogens with zero attached hydrogens (tertiary/aromatic N) is 4. The molecule has 0 atom stereocenters. The van der Waals surface area contributed by atoms with Crippen LogP contribution in [0, 0.1) is 12.7 Å². The molecule has 1 saturated heterocycles. The minimum absolute atomic E-state index is 0.286. The van der Waals surface area contributed by atoms with Crippen molar-refractivity contribution in [1.82, 2.24) is 20.1 Å². The predicted molar refractivity (Wildman–Crippen MR) is 107 cm³/mol. The monoisotopic (exact) mass is 391 g/mol. The number of hydrogen-bond acceptors (Lipinski definition) is 5. The SMILES string of the molecule is CN=C(NCc1ncc(C)s1)N1CCN(Cc2ccc(OC)c(F)c2)CC1. The van der Waals surface area contributed by atoms with Crippen LogP contribution in [0.5, 0.6) is 5.75 Å². The summed E-state index contributed by atoms with van der Waals surface area (Å²) in [6.45, 7) is 7.07. The summed E-state index contributed by atoms with van der Waals surface area (Å²) in [5, 5.41) is 4.46. The number of aliphatic imine (C=N–C) groups is 1. The van der Waals surface area contributed by atoms with E-state index >= 15 is 0 Å². The summed E-state index contributed by atoms with van der Waals surface area (Å²) in [5.41, 5.74) is 0.961. The lowest BCUT2D eigenvalue weighted by Crippen LogP contribution is -2.52. The molecule has 0 amide bonds. The van der Waals surface area contributed by atoms with Crippen molar-refractivity contribution < 1.29 is 9.13 Å². The number of thiazole rings is 1. The number of aryl methyl sites for hydroxylation is 1. The molecule has 0 radical (unpaired) electrons. The Hall–Kier alpha value is -2.19. The molecule has 1 aromatic heterocycles. The Morgan fingerprint density at radius 3 is 2.70 bits per heavy atom. The number of aromatic nitrogens is 1. The standard InChI is InChI=1S/C19H26FN5OS/c1-14-11-22-18(27-14)12-23-19(21-2)25-8-6-24(7-9-25)13-15-4-5-17(26-3)16(20)10-15/h4-5,10-11H,6-9,12-13H2,1-3H3,(H,21,23). The number of halogens is 1. The van der Waals surface area contributed by atoms with Gasteiger partial charge in [0.2, 0.25) is 0 Å². The highest BCUT2D eigenvalue weighted by molar-refractivity contribution is 7.11. The van der Waals surface area contributed by atoms with Crippen molar-refractivity contribution in [3.05, 3.63) is 45.7 Å². The van der Waals surface area contributed by atoms with Gasteiger partial charge in [0.15, 0.2) is 17.5 Å². The number of guanidine groups is 1. The van der Waals surface area contributed by atoms with Crippen LogP contribution in [0.3, 0.4) is 0 Å². The molecule has 0 aliphatic carbocycles. The van der Waals surface area contributed by atoms with Gasteiger partial charge < -0.3 is 15.0 Å². The van der Waals surface area contributed by atoms with Gasteiger partial charge >= 0.3 is 0 Å². The average Bonchev–Trinajstić information content (AvgIpc) is 3.09. The highest BCUT2D eigenvalue weighted by Crippen LogP contribution is 2.19. The Labute approximate surface area is 163 Å². The molecule has 6 nitrogen and oxygen atoms in total. The van der Waals surface area contributed by atoms with Gasteiger partial charge in [0.1, 0.15) is 5.01 Å². The van der Waals surface area contributed by atoms with E-state index < -0.39 is 0 Å². The Balaban J connectivity index is 1.49. The van der Waals surface area contributed by atoms with E-state index in [4.69, 9.17) is 4.74 Å². The van der Waals surface area contributed by atoms with Crippen LogP contribution in [0.25, 0.3) is 0 Å². The van der Waals surface area contributed by atoms with E-state index in [0.29, 0.717) is 6.54 Å². The molecular weight excluding hydrogens is 365 g/mol. The van der Waals surface area contributed by atoms with Gasteiger partial charge in [-0.2, -0.15) is 0 Å². The summed E-state index contributed by atoms with van der Waals surface area (Å²) in [6, 6.07) is 5.17. The Morgan fingerprint density at radius 2 is 2.11 bits per heavy atom. The smallest absolute Gasteiger partial charge is 0.194 e. The first-order valence-corrected chi connectivity index (χ1v) is 9.82. The zero-order chi connectivity index (χ0) is 19.2. The van der Waals surface area contributed by atoms with Crippen LogP contribution in [0.4, 0.5) is 4.39 Å². The molecule has 1 aliphatic heterocycles. The van der Waals surface area contributed by atoms with Crippen LogP contribution in [-0.2, 0) is 13.1 Å². The summed E-state index contributed by atoms with van der Waals surface area (Å²) in [4.78, 5) is 14.6. The first-order valence-electron chi connectivity index (χ1n) is 9.00. The van der Waals surface area contributed by atoms with Gasteiger partial charge in [-0.15, -0.1) is 11.3 Å². The highest BCUT2D eigenvalue weighted by Gasteiger charge is 2.20. The topological polar surface area (TPSA) is 53.0 Å². The van der Waals surface area contributed by atoms with Gasteiger partial charge in [-0.3, -0.25) is 9.89 Å². The molecule has 27 heavy (non-hydrogen) atoms. The quantitative estimate of drug-likeness (QED) is 0.627. The third-order valence-corrected chi connectivity index (χ3v) is 5.49. The number of methoxy groups -OCH3 is 1. The summed E-state index contributed by atoms with van der Waals surface area (Å²) in [6.07, 6.45) is 1.89. The van der Waals surface area contributed by atoms with E-state index in [-0.39, 0.29) is 11.6 Å². The van der Waals surface area contributed by atoms with E-state index in [1.165, 1.54) is 12.0 Å². The first-order chi connectivity index (χ1) is 13.1. The van der Waals surface area contributed by atoms with Crippen molar-refractivity contribution in [2.45, 2.75) is 20.0 Å². The van der Waals surface area contributed by atoms with Crippen LogP contribution in [0.1, 0.15) is 15.4 Å². The van der Waals surface area contributed by atoms with Gasteiger partial charge in [-0.1, -0.05) is 6.07 Å². The highest BCUT2D eigenvalue weighted by atomic mass is 32.1. The van der Waals surface area contributed by atoms with Crippen molar-refractivity contribution in [1.29, 1.82) is 0 Å². The summed E-state index contributed by atoms with van der Waals surface area (Å²) >= 11 is 1.70. The lowest BCUT2D eigenvalue weighted by atomic mass is 10.2. The minimum Gasteiger partial charge on any atom is -0.494 e. The second-order valence-electron chi connectivity index (χ2n) is 6.50. The van der Waals surface area contributed by atoms with Crippen LogP contribution >= 0.6 is 11.3 Å². The minimum atomic E-state index is -0.310. The molecule has 2 aromatic rings. The van der Waals surface area contributed by atoms with E-state index in [2.05, 4.69) is 32.0 Å². The fourth-order valence-electron chi connectivity index (χ4n) is 3.15. The second-order valence-corrected chi connectivity index (χ2v) is 7.82. The van der Waals surface area contributed by atoms with Crippen LogP contribution in [0.15, 0.2) is 29.4 Å². The Morgan fingerprint density at radius 1 is 1.33 bits per heavy atom. The number of hydrogen-bond donors (Lipinski definition) is 1. The molecule has 0 spiro atoms. The van der Waals surface area contributed by atoms with Gasteiger partial charge in [0, 0.05) is 50.8 Å². The van der Waals surface area contributed by atoms with E-state index in [9.17, 15) is 4.39 Å². The number of nitrogens with one attached hydrogen (secondary N) is 1. The lowest BCUT2D eigenvalue weighted by molar-refractivity contribution is 0.172. The molecule has 0 unspecified atom stereocenters. The second kappa shape index (κ2) is 9.14. The molecular formula is C19H26FN5OS. The Kier molecular flexibility index (Phi) is 6.63. The molecule has 146 valence electrons. The van der Waals surface area contributed by atoms with Gasteiger partial charge in [-0.25, -0.2) is 9.37 Å². The number of rotatable bonds is 5. The average molecular weight is 392 g/mol. The number of ether oxygens (including phenoxy) is 1. The Bertz CT molecular complexity index is 786. The third kappa shape index (κ3) is 5.17. The molecule has 0 bridgehead atoms. The van der Waals surface area contributed by atoms with Gasteiger partial charge in [0.05, 0.1) is 13.7 Å². The number of piperazine rings is 1. The zero-order valence-electron chi connectivity index (χ0n) is 16.0. The van der Waals surface area contributed by atoms with Gasteiger partial charge in [-0.05, 0) is 24.6 Å². The van der Waals surface area contributed by atoms with Crippen molar-refractivity contribution >= 4 is 17.3 Å². The molecule has 2 heterocycles. The van der Waals surface area contributed by atoms with E-state index in [0.717, 1.165) is 49.3 Å². The third-order valence-electron chi connectivity index (χ3n) is 4.57. The van der Waals surface area contributed by atoms with Crippen LogP contribution < -0.4 is 10.1 Å². The maximum atomic E-state index is 13.9. The van der Waals surface area contributed by atoms with Crippen LogP contribution in [-0.4, -0.2) is 61.1 Å².